The van der Waals surface area contributed by atoms with Crippen LogP contribution in [0.5, 0.6) is 11.5 Å². The molecule has 134 valence electrons. The lowest BCUT2D eigenvalue weighted by Crippen LogP contribution is -2.33. The molecule has 1 atom stereocenters. The average molecular weight is 361 g/mol. The summed E-state index contributed by atoms with van der Waals surface area (Å²) in [5, 5.41) is 4.22. The number of hydrogen-bond acceptors (Lipinski definition) is 4. The lowest BCUT2D eigenvalue weighted by atomic mass is 9.95. The summed E-state index contributed by atoms with van der Waals surface area (Å²) in [6.45, 7) is 4.01. The van der Waals surface area contributed by atoms with Gasteiger partial charge in [-0.25, -0.2) is 0 Å². The third-order valence-electron chi connectivity index (χ3n) is 4.64. The molecule has 0 saturated carbocycles. The minimum atomic E-state index is 0.0728. The number of halogens is 1. The zero-order valence-electron chi connectivity index (χ0n) is 14.8. The summed E-state index contributed by atoms with van der Waals surface area (Å²) in [5.41, 5.74) is 2.27. The van der Waals surface area contributed by atoms with Crippen molar-refractivity contribution in [1.29, 1.82) is 0 Å². The normalized spacial score (nSPS) is 16.9. The van der Waals surface area contributed by atoms with Crippen molar-refractivity contribution in [2.24, 2.45) is 0 Å². The third kappa shape index (κ3) is 4.27. The van der Waals surface area contributed by atoms with Gasteiger partial charge in [-0.1, -0.05) is 23.7 Å². The molecule has 0 amide bonds. The van der Waals surface area contributed by atoms with Gasteiger partial charge >= 0.3 is 0 Å². The number of ether oxygens (including phenoxy) is 2. The van der Waals surface area contributed by atoms with Crippen LogP contribution < -0.4 is 14.8 Å². The molecule has 2 aromatic rings. The number of benzene rings is 2. The van der Waals surface area contributed by atoms with Crippen LogP contribution in [0, 0.1) is 0 Å². The van der Waals surface area contributed by atoms with Crippen LogP contribution in [0.2, 0.25) is 5.02 Å². The van der Waals surface area contributed by atoms with Crippen LogP contribution in [-0.4, -0.2) is 45.3 Å². The van der Waals surface area contributed by atoms with E-state index < -0.39 is 0 Å². The van der Waals surface area contributed by atoms with Crippen LogP contribution >= 0.6 is 11.6 Å². The highest BCUT2D eigenvalue weighted by molar-refractivity contribution is 6.30. The standard InChI is InChI=1S/C20H25ClN2O2/c1-24-17-7-8-19(25-2)18(14-17)20(15-5-3-6-16(21)13-15)23-11-4-9-22-10-12-23/h3,5-8,13-14,20,22H,4,9-12H2,1-2H3. The number of hydrogen-bond donors (Lipinski definition) is 1. The third-order valence-corrected chi connectivity index (χ3v) is 4.87. The van der Waals surface area contributed by atoms with E-state index in [0.29, 0.717) is 0 Å². The van der Waals surface area contributed by atoms with Crippen molar-refractivity contribution in [3.05, 3.63) is 58.6 Å². The van der Waals surface area contributed by atoms with Crippen molar-refractivity contribution in [3.8, 4) is 11.5 Å². The molecule has 1 fully saturated rings. The molecule has 0 spiro atoms. The predicted octanol–water partition coefficient (Wildman–Crippen LogP) is 3.74. The van der Waals surface area contributed by atoms with Gasteiger partial charge < -0.3 is 14.8 Å². The van der Waals surface area contributed by atoms with Crippen molar-refractivity contribution < 1.29 is 9.47 Å². The van der Waals surface area contributed by atoms with Gasteiger partial charge in [0.15, 0.2) is 0 Å². The SMILES string of the molecule is COc1ccc(OC)c(C(c2cccc(Cl)c2)N2CCCNCC2)c1. The van der Waals surface area contributed by atoms with Crippen molar-refractivity contribution in [3.63, 3.8) is 0 Å². The van der Waals surface area contributed by atoms with Crippen molar-refractivity contribution in [2.45, 2.75) is 12.5 Å². The monoisotopic (exact) mass is 360 g/mol. The Labute approximate surface area is 154 Å². The van der Waals surface area contributed by atoms with E-state index in [1.807, 2.05) is 30.3 Å². The molecule has 0 aromatic heterocycles. The first-order chi connectivity index (χ1) is 12.2. The van der Waals surface area contributed by atoms with Gasteiger partial charge in [-0.05, 0) is 48.9 Å². The van der Waals surface area contributed by atoms with E-state index in [0.717, 1.165) is 54.7 Å². The molecule has 1 aliphatic rings. The van der Waals surface area contributed by atoms with E-state index in [2.05, 4.69) is 22.3 Å². The molecule has 1 aliphatic heterocycles. The van der Waals surface area contributed by atoms with Crippen LogP contribution in [0.4, 0.5) is 0 Å². The molecule has 4 nitrogen and oxygen atoms in total. The molecule has 0 aliphatic carbocycles. The summed E-state index contributed by atoms with van der Waals surface area (Å²) < 4.78 is 11.1. The molecule has 2 aromatic carbocycles. The highest BCUT2D eigenvalue weighted by Crippen LogP contribution is 2.37. The first-order valence-electron chi connectivity index (χ1n) is 8.65. The summed E-state index contributed by atoms with van der Waals surface area (Å²) in [6, 6.07) is 14.1. The van der Waals surface area contributed by atoms with E-state index in [4.69, 9.17) is 21.1 Å². The maximum atomic E-state index is 6.29. The summed E-state index contributed by atoms with van der Waals surface area (Å²) in [5.74, 6) is 1.69. The Morgan fingerprint density at radius 3 is 2.68 bits per heavy atom. The van der Waals surface area contributed by atoms with Crippen LogP contribution in [0.15, 0.2) is 42.5 Å². The second-order valence-electron chi connectivity index (χ2n) is 6.20. The van der Waals surface area contributed by atoms with Crippen molar-refractivity contribution >= 4 is 11.6 Å². The van der Waals surface area contributed by atoms with E-state index in [1.165, 1.54) is 5.56 Å². The van der Waals surface area contributed by atoms with Gasteiger partial charge in [-0.3, -0.25) is 4.90 Å². The summed E-state index contributed by atoms with van der Waals surface area (Å²) in [7, 11) is 3.40. The Kier molecular flexibility index (Phi) is 6.19. The summed E-state index contributed by atoms with van der Waals surface area (Å²) in [6.07, 6.45) is 1.11. The van der Waals surface area contributed by atoms with Gasteiger partial charge in [0.1, 0.15) is 11.5 Å². The van der Waals surface area contributed by atoms with Crippen LogP contribution in [-0.2, 0) is 0 Å². The van der Waals surface area contributed by atoms with Gasteiger partial charge in [0.25, 0.3) is 0 Å². The van der Waals surface area contributed by atoms with E-state index in [9.17, 15) is 0 Å². The highest BCUT2D eigenvalue weighted by Gasteiger charge is 2.26. The number of methoxy groups -OCH3 is 2. The average Bonchev–Trinajstić information content (AvgIpc) is 2.91. The lowest BCUT2D eigenvalue weighted by molar-refractivity contribution is 0.235. The fourth-order valence-corrected chi connectivity index (χ4v) is 3.64. The lowest BCUT2D eigenvalue weighted by Gasteiger charge is -2.32. The Bertz CT molecular complexity index is 700. The Morgan fingerprint density at radius 2 is 1.92 bits per heavy atom. The van der Waals surface area contributed by atoms with E-state index in [1.54, 1.807) is 14.2 Å². The van der Waals surface area contributed by atoms with Gasteiger partial charge in [-0.2, -0.15) is 0 Å². The predicted molar refractivity (Wildman–Crippen MR) is 102 cm³/mol. The number of nitrogens with one attached hydrogen (secondary N) is 1. The molecule has 1 N–H and O–H groups in total. The zero-order chi connectivity index (χ0) is 17.6. The zero-order valence-corrected chi connectivity index (χ0v) is 15.6. The molecule has 1 heterocycles. The van der Waals surface area contributed by atoms with E-state index >= 15 is 0 Å². The number of nitrogens with zero attached hydrogens (tertiary/aromatic N) is 1. The Hall–Kier alpha value is -1.75. The first-order valence-corrected chi connectivity index (χ1v) is 9.03. The fraction of sp³-hybridized carbons (Fsp3) is 0.400. The first kappa shape index (κ1) is 18.1. The minimum Gasteiger partial charge on any atom is -0.497 e. The molecule has 1 saturated heterocycles. The fourth-order valence-electron chi connectivity index (χ4n) is 3.44. The molecular weight excluding hydrogens is 336 g/mol. The van der Waals surface area contributed by atoms with Crippen LogP contribution in [0.3, 0.4) is 0 Å². The van der Waals surface area contributed by atoms with Gasteiger partial charge in [0, 0.05) is 30.2 Å². The Balaban J connectivity index is 2.10. The molecule has 5 heteroatoms. The second-order valence-corrected chi connectivity index (χ2v) is 6.64. The summed E-state index contributed by atoms with van der Waals surface area (Å²) >= 11 is 6.29. The van der Waals surface area contributed by atoms with Gasteiger partial charge in [-0.15, -0.1) is 0 Å². The van der Waals surface area contributed by atoms with E-state index in [-0.39, 0.29) is 6.04 Å². The van der Waals surface area contributed by atoms with Crippen molar-refractivity contribution in [1.82, 2.24) is 10.2 Å². The maximum absolute atomic E-state index is 6.29. The minimum absolute atomic E-state index is 0.0728. The molecule has 25 heavy (non-hydrogen) atoms. The van der Waals surface area contributed by atoms with Gasteiger partial charge in [0.2, 0.25) is 0 Å². The van der Waals surface area contributed by atoms with Crippen molar-refractivity contribution in [2.75, 3.05) is 40.4 Å². The quantitative estimate of drug-likeness (QED) is 0.880. The molecule has 0 bridgehead atoms. The molecule has 1 unspecified atom stereocenters. The summed E-state index contributed by atoms with van der Waals surface area (Å²) in [4.78, 5) is 2.49. The van der Waals surface area contributed by atoms with Crippen LogP contribution in [0.1, 0.15) is 23.6 Å². The topological polar surface area (TPSA) is 33.7 Å². The second kappa shape index (κ2) is 8.56. The maximum Gasteiger partial charge on any atom is 0.124 e. The van der Waals surface area contributed by atoms with Crippen LogP contribution in [0.25, 0.3) is 0 Å². The highest BCUT2D eigenvalue weighted by atomic mass is 35.5. The molecule has 0 radical (unpaired) electrons. The number of rotatable bonds is 5. The molecular formula is C20H25ClN2O2. The largest absolute Gasteiger partial charge is 0.497 e. The van der Waals surface area contributed by atoms with Gasteiger partial charge in [0.05, 0.1) is 20.3 Å². The Morgan fingerprint density at radius 1 is 1.04 bits per heavy atom. The molecule has 3 rings (SSSR count). The smallest absolute Gasteiger partial charge is 0.124 e.